The van der Waals surface area contributed by atoms with Gasteiger partial charge in [-0.3, -0.25) is 14.2 Å². The van der Waals surface area contributed by atoms with Gasteiger partial charge in [0.2, 0.25) is 5.78 Å². The fraction of sp³-hybridized carbons (Fsp3) is 0.0968. The molecule has 5 rings (SSSR count). The average molecular weight is 600 g/mol. The lowest BCUT2D eigenvalue weighted by Gasteiger charge is -2.28. The Labute approximate surface area is 238 Å². The summed E-state index contributed by atoms with van der Waals surface area (Å²) in [5.74, 6) is -17.9. The van der Waals surface area contributed by atoms with Gasteiger partial charge in [0.15, 0.2) is 0 Å². The number of ketones is 1. The van der Waals surface area contributed by atoms with E-state index in [9.17, 15) is 45.4 Å². The molecule has 0 atom stereocenters. The third-order valence-electron chi connectivity index (χ3n) is 6.70. The first kappa shape index (κ1) is 29.4. The zero-order chi connectivity index (χ0) is 31.2. The predicted octanol–water partition coefficient (Wildman–Crippen LogP) is 8.18. The fourth-order valence-corrected chi connectivity index (χ4v) is 4.62. The molecule has 0 aliphatic heterocycles. The second kappa shape index (κ2) is 10.6. The maximum atomic E-state index is 14.5. The molecule has 0 aliphatic carbocycles. The van der Waals surface area contributed by atoms with Gasteiger partial charge >= 0.3 is 18.0 Å². The van der Waals surface area contributed by atoms with E-state index >= 15 is 0 Å². The molecule has 12 heteroatoms. The van der Waals surface area contributed by atoms with Crippen LogP contribution < -0.4 is 10.5 Å². The Balaban J connectivity index is 1.82. The third kappa shape index (κ3) is 4.88. The highest BCUT2D eigenvalue weighted by Crippen LogP contribution is 2.48. The van der Waals surface area contributed by atoms with E-state index in [0.717, 1.165) is 6.07 Å². The molecule has 43 heavy (non-hydrogen) atoms. The number of para-hydroxylation sites is 3. The molecule has 0 unspecified atom stereocenters. The molecule has 0 aliphatic rings. The van der Waals surface area contributed by atoms with Crippen LogP contribution in [0.1, 0.15) is 10.4 Å². The molecular weight excluding hydrogens is 581 g/mol. The summed E-state index contributed by atoms with van der Waals surface area (Å²) in [6.45, 7) is 0. The van der Waals surface area contributed by atoms with E-state index < -0.39 is 46.1 Å². The van der Waals surface area contributed by atoms with Crippen molar-refractivity contribution >= 4 is 33.7 Å². The number of nitrogens with zero attached hydrogens (tertiary/aromatic N) is 2. The van der Waals surface area contributed by atoms with E-state index in [1.165, 1.54) is 36.4 Å². The van der Waals surface area contributed by atoms with Crippen molar-refractivity contribution in [3.8, 4) is 11.4 Å². The van der Waals surface area contributed by atoms with Crippen LogP contribution in [0.2, 0.25) is 0 Å². The quantitative estimate of drug-likeness (QED) is 0.151. The van der Waals surface area contributed by atoms with E-state index in [-0.39, 0.29) is 11.2 Å². The maximum absolute atomic E-state index is 14.5. The van der Waals surface area contributed by atoms with Gasteiger partial charge in [-0.2, -0.15) is 30.7 Å². The van der Waals surface area contributed by atoms with Crippen LogP contribution in [0, 0.1) is 0 Å². The number of hydrogen-bond donors (Lipinski definition) is 1. The minimum absolute atomic E-state index is 0.0411. The van der Waals surface area contributed by atoms with Gasteiger partial charge in [0, 0.05) is 28.1 Å². The SMILES string of the molecule is O=C(c1c(O)c2ccc(N(c3ccccc3)c3ccccc3)cc2n(-c2ccccc2)c1=O)C(F)(F)C(F)(F)C(F)(F)F. The van der Waals surface area contributed by atoms with Gasteiger partial charge in [-0.05, 0) is 54.6 Å². The number of anilines is 3. The zero-order valence-electron chi connectivity index (χ0n) is 21.7. The Kier molecular flexibility index (Phi) is 7.25. The van der Waals surface area contributed by atoms with Gasteiger partial charge in [-0.1, -0.05) is 54.6 Å². The van der Waals surface area contributed by atoms with Crippen molar-refractivity contribution in [2.24, 2.45) is 0 Å². The van der Waals surface area contributed by atoms with Crippen LogP contribution in [0.25, 0.3) is 16.6 Å². The molecule has 1 heterocycles. The summed E-state index contributed by atoms with van der Waals surface area (Å²) in [7, 11) is 0. The standard InChI is InChI=1S/C31H19F7N2O3/c32-29(33,30(34,35)31(36,37)38)27(42)25-26(41)23-17-16-22(18-24(23)40(28(25)43)21-14-8-3-9-15-21)39(19-10-4-1-5-11-19)20-12-6-2-7-13-20/h1-18,41H. The Morgan fingerprint density at radius 1 is 0.674 bits per heavy atom. The number of carbonyl (C=O) groups excluding carboxylic acids is 1. The number of aromatic hydroxyl groups is 1. The topological polar surface area (TPSA) is 62.5 Å². The summed E-state index contributed by atoms with van der Waals surface area (Å²) < 4.78 is 96.0. The number of fused-ring (bicyclic) bond motifs is 1. The first-order valence-electron chi connectivity index (χ1n) is 12.5. The van der Waals surface area contributed by atoms with Crippen molar-refractivity contribution in [2.45, 2.75) is 18.0 Å². The van der Waals surface area contributed by atoms with Crippen molar-refractivity contribution in [3.63, 3.8) is 0 Å². The second-order valence-electron chi connectivity index (χ2n) is 9.38. The summed E-state index contributed by atoms with van der Waals surface area (Å²) in [4.78, 5) is 28.0. The minimum atomic E-state index is -6.84. The van der Waals surface area contributed by atoms with Crippen LogP contribution in [0.4, 0.5) is 47.8 Å². The van der Waals surface area contributed by atoms with Crippen LogP contribution in [0.5, 0.6) is 5.75 Å². The molecule has 0 saturated carbocycles. The number of aromatic nitrogens is 1. The van der Waals surface area contributed by atoms with Gasteiger partial charge < -0.3 is 10.0 Å². The molecule has 0 fully saturated rings. The van der Waals surface area contributed by atoms with Gasteiger partial charge in [0.25, 0.3) is 5.56 Å². The molecule has 4 aromatic carbocycles. The largest absolute Gasteiger partial charge is 0.506 e. The molecule has 5 nitrogen and oxygen atoms in total. The van der Waals surface area contributed by atoms with Gasteiger partial charge in [0.05, 0.1) is 5.52 Å². The lowest BCUT2D eigenvalue weighted by molar-refractivity contribution is -0.339. The Bertz CT molecular complexity index is 1820. The second-order valence-corrected chi connectivity index (χ2v) is 9.38. The maximum Gasteiger partial charge on any atom is 0.460 e. The van der Waals surface area contributed by atoms with Crippen LogP contribution in [0.15, 0.2) is 114 Å². The number of rotatable bonds is 7. The highest BCUT2D eigenvalue weighted by atomic mass is 19.4. The Hall–Kier alpha value is -5.13. The van der Waals surface area contributed by atoms with Crippen LogP contribution in [-0.4, -0.2) is 33.5 Å². The van der Waals surface area contributed by atoms with Crippen LogP contribution in [0.3, 0.4) is 0 Å². The van der Waals surface area contributed by atoms with Crippen molar-refractivity contribution in [1.82, 2.24) is 4.57 Å². The number of halogens is 7. The number of benzene rings is 4. The smallest absolute Gasteiger partial charge is 0.460 e. The number of carbonyl (C=O) groups is 1. The van der Waals surface area contributed by atoms with Crippen molar-refractivity contribution in [3.05, 3.63) is 125 Å². The van der Waals surface area contributed by atoms with E-state index in [4.69, 9.17) is 0 Å². The van der Waals surface area contributed by atoms with Crippen LogP contribution in [-0.2, 0) is 0 Å². The normalized spacial score (nSPS) is 12.3. The lowest BCUT2D eigenvalue weighted by atomic mass is 9.97. The van der Waals surface area contributed by atoms with Gasteiger partial charge in [-0.15, -0.1) is 0 Å². The van der Waals surface area contributed by atoms with E-state index in [0.29, 0.717) is 21.6 Å². The summed E-state index contributed by atoms with van der Waals surface area (Å²) in [5.41, 5.74) is -2.12. The molecule has 1 N–H and O–H groups in total. The third-order valence-corrected chi connectivity index (χ3v) is 6.70. The molecule has 5 aromatic rings. The molecule has 0 spiro atoms. The minimum Gasteiger partial charge on any atom is -0.506 e. The number of alkyl halides is 7. The van der Waals surface area contributed by atoms with Gasteiger partial charge in [-0.25, -0.2) is 0 Å². The molecule has 220 valence electrons. The highest BCUT2D eigenvalue weighted by molar-refractivity contribution is 6.08. The molecule has 0 bridgehead atoms. The molecule has 1 aromatic heterocycles. The van der Waals surface area contributed by atoms with E-state index in [1.54, 1.807) is 71.6 Å². The zero-order valence-corrected chi connectivity index (χ0v) is 21.7. The first-order valence-corrected chi connectivity index (χ1v) is 12.5. The lowest BCUT2D eigenvalue weighted by Crippen LogP contribution is -2.57. The van der Waals surface area contributed by atoms with E-state index in [2.05, 4.69) is 0 Å². The van der Waals surface area contributed by atoms with Gasteiger partial charge in [0.1, 0.15) is 11.3 Å². The van der Waals surface area contributed by atoms with Crippen LogP contribution >= 0.6 is 0 Å². The summed E-state index contributed by atoms with van der Waals surface area (Å²) in [6, 6.07) is 28.8. The summed E-state index contributed by atoms with van der Waals surface area (Å²) in [6.07, 6.45) is -6.83. The van der Waals surface area contributed by atoms with Crippen molar-refractivity contribution in [1.29, 1.82) is 0 Å². The highest BCUT2D eigenvalue weighted by Gasteiger charge is 2.76. The number of pyridine rings is 1. The molecule has 0 amide bonds. The van der Waals surface area contributed by atoms with E-state index in [1.807, 2.05) is 0 Å². The molecule has 0 radical (unpaired) electrons. The van der Waals surface area contributed by atoms with Crippen molar-refractivity contribution < 1.29 is 40.6 Å². The number of Topliss-reactive ketones (excluding diaryl/α,β-unsaturated/α-hetero) is 1. The molecular formula is C31H19F7N2O3. The monoisotopic (exact) mass is 600 g/mol. The average Bonchev–Trinajstić information content (AvgIpc) is 2.98. The number of hydrogen-bond acceptors (Lipinski definition) is 4. The summed E-state index contributed by atoms with van der Waals surface area (Å²) >= 11 is 0. The first-order chi connectivity index (χ1) is 20.3. The fourth-order valence-electron chi connectivity index (χ4n) is 4.62. The predicted molar refractivity (Wildman–Crippen MR) is 146 cm³/mol. The Morgan fingerprint density at radius 2 is 1.16 bits per heavy atom. The Morgan fingerprint density at radius 3 is 1.65 bits per heavy atom. The molecule has 0 saturated heterocycles. The van der Waals surface area contributed by atoms with Crippen molar-refractivity contribution in [2.75, 3.05) is 4.90 Å². The summed E-state index contributed by atoms with van der Waals surface area (Å²) in [5, 5.41) is 10.4.